The monoisotopic (exact) mass is 187 g/mol. The Morgan fingerprint density at radius 1 is 1.29 bits per heavy atom. The summed E-state index contributed by atoms with van der Waals surface area (Å²) in [7, 11) is 0. The van der Waals surface area contributed by atoms with Gasteiger partial charge in [-0.2, -0.15) is 0 Å². The van der Waals surface area contributed by atoms with Crippen molar-refractivity contribution in [3.05, 3.63) is 58.5 Å². The number of pyridine rings is 1. The van der Waals surface area contributed by atoms with Crippen molar-refractivity contribution in [2.24, 2.45) is 0 Å². The third-order valence-electron chi connectivity index (χ3n) is 1.85. The average molecular weight is 187 g/mol. The molecule has 0 bridgehead atoms. The van der Waals surface area contributed by atoms with Gasteiger partial charge in [-0.15, -0.1) is 0 Å². The number of rotatable bonds is 2. The molecule has 0 amide bonds. The molecule has 2 rings (SSSR count). The Morgan fingerprint density at radius 2 is 2.21 bits per heavy atom. The maximum Gasteiger partial charge on any atom is 0.345 e. The Labute approximate surface area is 80.7 Å². The van der Waals surface area contributed by atoms with Crippen LogP contribution in [0.5, 0.6) is 0 Å². The van der Waals surface area contributed by atoms with Crippen LogP contribution in [0.1, 0.15) is 11.3 Å². The first kappa shape index (κ1) is 8.62. The highest BCUT2D eigenvalue weighted by molar-refractivity contribution is 5.16. The van der Waals surface area contributed by atoms with Gasteiger partial charge in [0.15, 0.2) is 0 Å². The second-order valence-corrected chi connectivity index (χ2v) is 2.94. The third-order valence-corrected chi connectivity index (χ3v) is 1.85. The molecule has 0 unspecified atom stereocenters. The van der Waals surface area contributed by atoms with Crippen LogP contribution in [0.3, 0.4) is 0 Å². The molecule has 4 heteroatoms. The lowest BCUT2D eigenvalue weighted by molar-refractivity contribution is 0.972. The van der Waals surface area contributed by atoms with Crippen molar-refractivity contribution in [2.45, 2.75) is 6.42 Å². The molecule has 0 atom stereocenters. The van der Waals surface area contributed by atoms with E-state index in [9.17, 15) is 4.79 Å². The number of hydrogen-bond acceptors (Lipinski definition) is 3. The minimum Gasteiger partial charge on any atom is -0.309 e. The fourth-order valence-corrected chi connectivity index (χ4v) is 1.23. The van der Waals surface area contributed by atoms with Gasteiger partial charge >= 0.3 is 5.69 Å². The van der Waals surface area contributed by atoms with Gasteiger partial charge in [0.05, 0.1) is 0 Å². The predicted octanol–water partition coefficient (Wildman–Crippen LogP) is 0.756. The highest BCUT2D eigenvalue weighted by Crippen LogP contribution is 2.02. The summed E-state index contributed by atoms with van der Waals surface area (Å²) in [6.45, 7) is 0. The number of nitrogens with one attached hydrogen (secondary N) is 1. The molecule has 0 saturated carbocycles. The molecular formula is C10H9N3O. The van der Waals surface area contributed by atoms with Crippen LogP contribution in [-0.4, -0.2) is 15.0 Å². The topological polar surface area (TPSA) is 58.6 Å². The largest absolute Gasteiger partial charge is 0.345 e. The van der Waals surface area contributed by atoms with Crippen molar-refractivity contribution in [1.82, 2.24) is 15.0 Å². The average Bonchev–Trinajstić information content (AvgIpc) is 2.19. The molecule has 14 heavy (non-hydrogen) atoms. The Hall–Kier alpha value is -1.97. The fourth-order valence-electron chi connectivity index (χ4n) is 1.23. The summed E-state index contributed by atoms with van der Waals surface area (Å²) in [6.07, 6.45) is 5.67. The molecule has 0 saturated heterocycles. The number of aromatic nitrogens is 3. The maximum absolute atomic E-state index is 10.9. The molecule has 2 aromatic heterocycles. The lowest BCUT2D eigenvalue weighted by Gasteiger charge is -1.99. The predicted molar refractivity (Wildman–Crippen MR) is 51.9 cm³/mol. The first-order valence-electron chi connectivity index (χ1n) is 4.28. The Balaban J connectivity index is 2.24. The van der Waals surface area contributed by atoms with Crippen molar-refractivity contribution in [2.75, 3.05) is 0 Å². The van der Waals surface area contributed by atoms with Crippen molar-refractivity contribution < 1.29 is 0 Å². The standard InChI is InChI=1S/C10H9N3O/c14-10-12-5-3-9(13-10)6-8-2-1-4-11-7-8/h1-5,7H,6H2,(H,12,13,14). The smallest absolute Gasteiger partial charge is 0.309 e. The summed E-state index contributed by atoms with van der Waals surface area (Å²) in [5.74, 6) is 0. The van der Waals surface area contributed by atoms with Crippen LogP contribution in [0, 0.1) is 0 Å². The highest BCUT2D eigenvalue weighted by atomic mass is 16.1. The second-order valence-electron chi connectivity index (χ2n) is 2.94. The van der Waals surface area contributed by atoms with Crippen molar-refractivity contribution >= 4 is 0 Å². The SMILES string of the molecule is O=c1nccc(Cc2cccnc2)[nH]1. The number of nitrogens with zero attached hydrogens (tertiary/aromatic N) is 2. The zero-order valence-electron chi connectivity index (χ0n) is 7.47. The minimum atomic E-state index is -0.314. The first-order valence-corrected chi connectivity index (χ1v) is 4.28. The van der Waals surface area contributed by atoms with E-state index in [1.54, 1.807) is 18.5 Å². The molecule has 2 aromatic rings. The zero-order valence-corrected chi connectivity index (χ0v) is 7.47. The van der Waals surface area contributed by atoms with Gasteiger partial charge < -0.3 is 4.98 Å². The van der Waals surface area contributed by atoms with Crippen LogP contribution in [0.4, 0.5) is 0 Å². The van der Waals surface area contributed by atoms with Crippen molar-refractivity contribution in [3.8, 4) is 0 Å². The van der Waals surface area contributed by atoms with Gasteiger partial charge in [0.2, 0.25) is 0 Å². The normalized spacial score (nSPS) is 10.0. The second kappa shape index (κ2) is 3.83. The van der Waals surface area contributed by atoms with Gasteiger partial charge in [-0.1, -0.05) is 6.07 Å². The molecule has 2 heterocycles. The van der Waals surface area contributed by atoms with Gasteiger partial charge in [0, 0.05) is 30.7 Å². The summed E-state index contributed by atoms with van der Waals surface area (Å²) in [5, 5.41) is 0. The third kappa shape index (κ3) is 2.04. The van der Waals surface area contributed by atoms with Crippen LogP contribution in [0.15, 0.2) is 41.6 Å². The molecule has 0 aliphatic carbocycles. The van der Waals surface area contributed by atoms with E-state index in [1.165, 1.54) is 6.20 Å². The van der Waals surface area contributed by atoms with Crippen LogP contribution >= 0.6 is 0 Å². The van der Waals surface area contributed by atoms with Crippen LogP contribution < -0.4 is 5.69 Å². The molecule has 1 N–H and O–H groups in total. The highest BCUT2D eigenvalue weighted by Gasteiger charge is 1.96. The Bertz CT molecular complexity index is 464. The number of H-pyrrole nitrogens is 1. The lowest BCUT2D eigenvalue weighted by Crippen LogP contribution is -2.11. The minimum absolute atomic E-state index is 0.314. The molecule has 0 aliphatic heterocycles. The van der Waals surface area contributed by atoms with Gasteiger partial charge in [0.1, 0.15) is 0 Å². The summed E-state index contributed by atoms with van der Waals surface area (Å²) >= 11 is 0. The van der Waals surface area contributed by atoms with Gasteiger partial charge in [-0.25, -0.2) is 9.78 Å². The molecule has 0 radical (unpaired) electrons. The van der Waals surface area contributed by atoms with Crippen molar-refractivity contribution in [3.63, 3.8) is 0 Å². The molecular weight excluding hydrogens is 178 g/mol. The first-order chi connectivity index (χ1) is 6.84. The molecule has 70 valence electrons. The molecule has 0 fully saturated rings. The molecule has 0 aromatic carbocycles. The van der Waals surface area contributed by atoms with Crippen LogP contribution in [0.25, 0.3) is 0 Å². The van der Waals surface area contributed by atoms with Crippen LogP contribution in [-0.2, 0) is 6.42 Å². The molecule has 4 nitrogen and oxygen atoms in total. The zero-order chi connectivity index (χ0) is 9.80. The van der Waals surface area contributed by atoms with E-state index in [4.69, 9.17) is 0 Å². The number of hydrogen-bond donors (Lipinski definition) is 1. The van der Waals surface area contributed by atoms with Crippen LogP contribution in [0.2, 0.25) is 0 Å². The lowest BCUT2D eigenvalue weighted by atomic mass is 10.1. The van der Waals surface area contributed by atoms with Crippen molar-refractivity contribution in [1.29, 1.82) is 0 Å². The fraction of sp³-hybridized carbons (Fsp3) is 0.100. The van der Waals surface area contributed by atoms with Gasteiger partial charge in [0.25, 0.3) is 0 Å². The molecule has 0 spiro atoms. The van der Waals surface area contributed by atoms with E-state index in [0.717, 1.165) is 11.3 Å². The summed E-state index contributed by atoms with van der Waals surface area (Å²) in [5.41, 5.74) is 1.60. The summed E-state index contributed by atoms with van der Waals surface area (Å²) < 4.78 is 0. The number of aromatic amines is 1. The summed E-state index contributed by atoms with van der Waals surface area (Å²) in [4.78, 5) is 21.1. The van der Waals surface area contributed by atoms with Gasteiger partial charge in [-0.05, 0) is 17.7 Å². The Kier molecular flexibility index (Phi) is 2.36. The van der Waals surface area contributed by atoms with E-state index in [2.05, 4.69) is 15.0 Å². The van der Waals surface area contributed by atoms with E-state index in [1.807, 2.05) is 12.1 Å². The maximum atomic E-state index is 10.9. The van der Waals surface area contributed by atoms with E-state index >= 15 is 0 Å². The quantitative estimate of drug-likeness (QED) is 0.754. The summed E-state index contributed by atoms with van der Waals surface area (Å²) in [6, 6.07) is 5.62. The van der Waals surface area contributed by atoms with Gasteiger partial charge in [-0.3, -0.25) is 4.98 Å². The van der Waals surface area contributed by atoms with E-state index in [0.29, 0.717) is 6.42 Å². The Morgan fingerprint density at radius 3 is 2.93 bits per heavy atom. The molecule has 0 aliphatic rings. The van der Waals surface area contributed by atoms with E-state index < -0.39 is 0 Å². The van der Waals surface area contributed by atoms with E-state index in [-0.39, 0.29) is 5.69 Å².